The summed E-state index contributed by atoms with van der Waals surface area (Å²) in [6.07, 6.45) is 0. The van der Waals surface area contributed by atoms with Crippen LogP contribution in [0.25, 0.3) is 11.3 Å². The number of aromatic nitrogens is 2. The van der Waals surface area contributed by atoms with Crippen LogP contribution in [-0.4, -0.2) is 29.9 Å². The van der Waals surface area contributed by atoms with E-state index in [-0.39, 0.29) is 5.91 Å². The van der Waals surface area contributed by atoms with Crippen molar-refractivity contribution in [2.45, 2.75) is 13.5 Å². The maximum absolute atomic E-state index is 12.6. The Morgan fingerprint density at radius 1 is 1.11 bits per heavy atom. The first-order valence-corrected chi connectivity index (χ1v) is 8.80. The number of carbonyl (C=O) groups excluding carboxylic acids is 1. The lowest BCUT2D eigenvalue weighted by molar-refractivity contribution is 0.102. The average molecular weight is 386 g/mol. The second kappa shape index (κ2) is 8.14. The maximum Gasteiger partial charge on any atom is 0.276 e. The van der Waals surface area contributed by atoms with Gasteiger partial charge in [-0.3, -0.25) is 9.48 Å². The van der Waals surface area contributed by atoms with E-state index in [1.165, 1.54) is 0 Å². The van der Waals surface area contributed by atoms with Gasteiger partial charge in [0.25, 0.3) is 5.91 Å². The molecule has 3 aromatic rings. The van der Waals surface area contributed by atoms with Crippen LogP contribution in [0.4, 0.5) is 5.69 Å². The summed E-state index contributed by atoms with van der Waals surface area (Å²) in [5, 5.41) is 7.86. The summed E-state index contributed by atoms with van der Waals surface area (Å²) in [6.45, 7) is 2.58. The van der Waals surface area contributed by atoms with Gasteiger partial charge in [0.05, 0.1) is 19.9 Å². The number of ether oxygens (including phenoxy) is 2. The minimum Gasteiger partial charge on any atom is -0.497 e. The minimum absolute atomic E-state index is 0.293. The third-order valence-electron chi connectivity index (χ3n) is 4.10. The van der Waals surface area contributed by atoms with Gasteiger partial charge in [-0.15, -0.1) is 0 Å². The molecule has 6 nitrogen and oxygen atoms in total. The SMILES string of the molecule is CCn1nc(C(=O)Nc2ccc(Cl)cc2)cc1-c1ccc(OC)cc1OC. The molecule has 0 radical (unpaired) electrons. The molecule has 0 spiro atoms. The molecule has 27 heavy (non-hydrogen) atoms. The summed E-state index contributed by atoms with van der Waals surface area (Å²) in [4.78, 5) is 12.6. The van der Waals surface area contributed by atoms with Crippen molar-refractivity contribution >= 4 is 23.2 Å². The minimum atomic E-state index is -0.293. The smallest absolute Gasteiger partial charge is 0.276 e. The molecular weight excluding hydrogens is 366 g/mol. The highest BCUT2D eigenvalue weighted by atomic mass is 35.5. The van der Waals surface area contributed by atoms with Crippen molar-refractivity contribution in [2.75, 3.05) is 19.5 Å². The number of halogens is 1. The zero-order valence-corrected chi connectivity index (χ0v) is 16.1. The fourth-order valence-corrected chi connectivity index (χ4v) is 2.85. The number of aryl methyl sites for hydroxylation is 1. The standard InChI is InChI=1S/C20H20ClN3O3/c1-4-24-18(16-10-9-15(26-2)11-19(16)27-3)12-17(23-24)20(25)22-14-7-5-13(21)6-8-14/h5-12H,4H2,1-3H3,(H,22,25). The molecule has 1 aromatic heterocycles. The van der Waals surface area contributed by atoms with E-state index in [0.29, 0.717) is 34.4 Å². The summed E-state index contributed by atoms with van der Waals surface area (Å²) in [6, 6.07) is 14.2. The zero-order valence-electron chi connectivity index (χ0n) is 15.3. The second-order valence-corrected chi connectivity index (χ2v) is 6.19. The molecule has 0 bridgehead atoms. The summed E-state index contributed by atoms with van der Waals surface area (Å²) in [7, 11) is 3.20. The lowest BCUT2D eigenvalue weighted by Crippen LogP contribution is -2.13. The summed E-state index contributed by atoms with van der Waals surface area (Å²) in [5.74, 6) is 1.05. The molecule has 2 aromatic carbocycles. The molecule has 1 heterocycles. The molecule has 0 unspecified atom stereocenters. The van der Waals surface area contributed by atoms with Crippen molar-refractivity contribution in [1.29, 1.82) is 0 Å². The molecule has 0 aliphatic rings. The van der Waals surface area contributed by atoms with Crippen molar-refractivity contribution in [3.63, 3.8) is 0 Å². The van der Waals surface area contributed by atoms with Crippen LogP contribution in [-0.2, 0) is 6.54 Å². The van der Waals surface area contributed by atoms with E-state index in [9.17, 15) is 4.79 Å². The Bertz CT molecular complexity index is 952. The molecule has 0 aliphatic carbocycles. The number of nitrogens with one attached hydrogen (secondary N) is 1. The van der Waals surface area contributed by atoms with E-state index in [1.807, 2.05) is 19.1 Å². The Balaban J connectivity index is 1.93. The number of rotatable bonds is 6. The third kappa shape index (κ3) is 4.06. The summed E-state index contributed by atoms with van der Waals surface area (Å²) < 4.78 is 12.5. The number of hydrogen-bond donors (Lipinski definition) is 1. The number of amides is 1. The first-order chi connectivity index (χ1) is 13.0. The van der Waals surface area contributed by atoms with E-state index >= 15 is 0 Å². The lowest BCUT2D eigenvalue weighted by Gasteiger charge is -2.11. The molecule has 0 aliphatic heterocycles. The Morgan fingerprint density at radius 2 is 1.85 bits per heavy atom. The van der Waals surface area contributed by atoms with Gasteiger partial charge in [-0.05, 0) is 49.4 Å². The van der Waals surface area contributed by atoms with E-state index in [2.05, 4.69) is 10.4 Å². The fourth-order valence-electron chi connectivity index (χ4n) is 2.72. The molecule has 0 atom stereocenters. The highest BCUT2D eigenvalue weighted by Crippen LogP contribution is 2.33. The molecule has 0 fully saturated rings. The van der Waals surface area contributed by atoms with E-state index < -0.39 is 0 Å². The Labute approximate surface area is 162 Å². The van der Waals surface area contributed by atoms with Gasteiger partial charge in [-0.2, -0.15) is 5.10 Å². The topological polar surface area (TPSA) is 65.4 Å². The van der Waals surface area contributed by atoms with Gasteiger partial charge in [0.15, 0.2) is 5.69 Å². The van der Waals surface area contributed by atoms with Gasteiger partial charge in [-0.1, -0.05) is 11.6 Å². The molecule has 7 heteroatoms. The number of hydrogen-bond acceptors (Lipinski definition) is 4. The maximum atomic E-state index is 12.6. The van der Waals surface area contributed by atoms with Crippen molar-refractivity contribution in [2.24, 2.45) is 0 Å². The summed E-state index contributed by atoms with van der Waals surface area (Å²) in [5.41, 5.74) is 2.59. The van der Waals surface area contributed by atoms with Crippen LogP contribution < -0.4 is 14.8 Å². The van der Waals surface area contributed by atoms with Crippen molar-refractivity contribution in [3.8, 4) is 22.8 Å². The van der Waals surface area contributed by atoms with E-state index in [4.69, 9.17) is 21.1 Å². The summed E-state index contributed by atoms with van der Waals surface area (Å²) >= 11 is 5.88. The Hall–Kier alpha value is -2.99. The number of methoxy groups -OCH3 is 2. The van der Waals surface area contributed by atoms with Crippen LogP contribution in [0.1, 0.15) is 17.4 Å². The van der Waals surface area contributed by atoms with Gasteiger partial charge in [-0.25, -0.2) is 0 Å². The average Bonchev–Trinajstić information content (AvgIpc) is 3.13. The van der Waals surface area contributed by atoms with Crippen LogP contribution in [0.15, 0.2) is 48.5 Å². The molecule has 140 valence electrons. The van der Waals surface area contributed by atoms with Crippen molar-refractivity contribution in [3.05, 3.63) is 59.2 Å². The van der Waals surface area contributed by atoms with Crippen LogP contribution in [0, 0.1) is 0 Å². The highest BCUT2D eigenvalue weighted by Gasteiger charge is 2.18. The predicted molar refractivity (Wildman–Crippen MR) is 106 cm³/mol. The first kappa shape index (κ1) is 18.8. The van der Waals surface area contributed by atoms with Gasteiger partial charge >= 0.3 is 0 Å². The number of benzene rings is 2. The lowest BCUT2D eigenvalue weighted by atomic mass is 10.1. The fraction of sp³-hybridized carbons (Fsp3) is 0.200. The third-order valence-corrected chi connectivity index (χ3v) is 4.35. The monoisotopic (exact) mass is 385 g/mol. The highest BCUT2D eigenvalue weighted by molar-refractivity contribution is 6.30. The Morgan fingerprint density at radius 3 is 2.48 bits per heavy atom. The van der Waals surface area contributed by atoms with Gasteiger partial charge in [0.2, 0.25) is 0 Å². The molecule has 0 saturated carbocycles. The Kier molecular flexibility index (Phi) is 5.66. The normalized spacial score (nSPS) is 10.5. The van der Waals surface area contributed by atoms with Crippen LogP contribution >= 0.6 is 11.6 Å². The van der Waals surface area contributed by atoms with Crippen molar-refractivity contribution in [1.82, 2.24) is 9.78 Å². The quantitative estimate of drug-likeness (QED) is 0.678. The molecule has 3 rings (SSSR count). The molecule has 1 N–H and O–H groups in total. The van der Waals surface area contributed by atoms with Crippen LogP contribution in [0.5, 0.6) is 11.5 Å². The van der Waals surface area contributed by atoms with Crippen LogP contribution in [0.2, 0.25) is 5.02 Å². The molecule has 0 saturated heterocycles. The number of nitrogens with zero attached hydrogens (tertiary/aromatic N) is 2. The van der Waals surface area contributed by atoms with E-state index in [0.717, 1.165) is 11.3 Å². The zero-order chi connectivity index (χ0) is 19.4. The van der Waals surface area contributed by atoms with Gasteiger partial charge in [0, 0.05) is 28.9 Å². The van der Waals surface area contributed by atoms with Gasteiger partial charge in [0.1, 0.15) is 11.5 Å². The second-order valence-electron chi connectivity index (χ2n) is 5.76. The first-order valence-electron chi connectivity index (χ1n) is 8.43. The van der Waals surface area contributed by atoms with Crippen molar-refractivity contribution < 1.29 is 14.3 Å². The molecule has 1 amide bonds. The molecular formula is C20H20ClN3O3. The van der Waals surface area contributed by atoms with E-state index in [1.54, 1.807) is 55.3 Å². The number of anilines is 1. The number of carbonyl (C=O) groups is 1. The largest absolute Gasteiger partial charge is 0.497 e. The van der Waals surface area contributed by atoms with Gasteiger partial charge < -0.3 is 14.8 Å². The van der Waals surface area contributed by atoms with Crippen LogP contribution in [0.3, 0.4) is 0 Å². The predicted octanol–water partition coefficient (Wildman–Crippen LogP) is 4.49.